The van der Waals surface area contributed by atoms with Crippen molar-refractivity contribution in [2.24, 2.45) is 0 Å². The van der Waals surface area contributed by atoms with Gasteiger partial charge in [-0.2, -0.15) is 0 Å². The van der Waals surface area contributed by atoms with Crippen LogP contribution in [0.3, 0.4) is 0 Å². The van der Waals surface area contributed by atoms with E-state index in [0.29, 0.717) is 11.5 Å². The number of hydrogen-bond donors (Lipinski definition) is 0. The molecule has 1 aromatic rings. The van der Waals surface area contributed by atoms with E-state index in [-0.39, 0.29) is 24.1 Å². The summed E-state index contributed by atoms with van der Waals surface area (Å²) in [5, 5.41) is 0. The zero-order valence-electron chi connectivity index (χ0n) is 14.5. The lowest BCUT2D eigenvalue weighted by Crippen LogP contribution is -2.45. The Morgan fingerprint density at radius 2 is 1.83 bits per heavy atom. The topological polar surface area (TPSA) is 65.1 Å². The van der Waals surface area contributed by atoms with Gasteiger partial charge in [0, 0.05) is 12.6 Å². The molecule has 0 N–H and O–H groups in total. The first-order chi connectivity index (χ1) is 11.6. The van der Waals surface area contributed by atoms with Gasteiger partial charge in [-0.25, -0.2) is 4.79 Å². The Morgan fingerprint density at radius 3 is 2.42 bits per heavy atom. The van der Waals surface area contributed by atoms with E-state index in [2.05, 4.69) is 6.92 Å². The van der Waals surface area contributed by atoms with E-state index in [1.54, 1.807) is 18.2 Å². The van der Waals surface area contributed by atoms with Crippen LogP contribution in [0.2, 0.25) is 0 Å². The number of carbonyl (C=O) groups excluding carboxylic acids is 2. The minimum atomic E-state index is -0.622. The van der Waals surface area contributed by atoms with E-state index in [4.69, 9.17) is 14.2 Å². The minimum Gasteiger partial charge on any atom is -0.496 e. The highest BCUT2D eigenvalue weighted by Crippen LogP contribution is 2.29. The van der Waals surface area contributed by atoms with Crippen LogP contribution in [-0.4, -0.2) is 50.2 Å². The van der Waals surface area contributed by atoms with Crippen molar-refractivity contribution in [2.75, 3.05) is 27.4 Å². The van der Waals surface area contributed by atoms with Crippen LogP contribution >= 0.6 is 0 Å². The molecular formula is C18H25NO5. The Morgan fingerprint density at radius 1 is 1.17 bits per heavy atom. The molecule has 0 radical (unpaired) electrons. The van der Waals surface area contributed by atoms with E-state index >= 15 is 0 Å². The Kier molecular flexibility index (Phi) is 6.46. The van der Waals surface area contributed by atoms with Gasteiger partial charge in [0.1, 0.15) is 17.1 Å². The molecule has 1 aliphatic heterocycles. The molecule has 1 aliphatic rings. The van der Waals surface area contributed by atoms with Crippen LogP contribution < -0.4 is 9.47 Å². The van der Waals surface area contributed by atoms with E-state index in [0.717, 1.165) is 32.2 Å². The van der Waals surface area contributed by atoms with Gasteiger partial charge in [0.15, 0.2) is 6.61 Å². The molecule has 24 heavy (non-hydrogen) atoms. The minimum absolute atomic E-state index is 0.149. The summed E-state index contributed by atoms with van der Waals surface area (Å²) in [4.78, 5) is 26.6. The molecule has 2 rings (SSSR count). The van der Waals surface area contributed by atoms with Crippen molar-refractivity contribution < 1.29 is 23.8 Å². The predicted octanol–water partition coefficient (Wildman–Crippen LogP) is 2.65. The summed E-state index contributed by atoms with van der Waals surface area (Å²) in [6.07, 6.45) is 4.06. The van der Waals surface area contributed by atoms with Gasteiger partial charge in [-0.05, 0) is 37.8 Å². The summed E-state index contributed by atoms with van der Waals surface area (Å²) in [6, 6.07) is 5.27. The molecule has 0 spiro atoms. The molecule has 1 fully saturated rings. The van der Waals surface area contributed by atoms with Gasteiger partial charge >= 0.3 is 5.97 Å². The van der Waals surface area contributed by atoms with Gasteiger partial charge < -0.3 is 19.1 Å². The molecule has 6 nitrogen and oxygen atoms in total. The van der Waals surface area contributed by atoms with Crippen molar-refractivity contribution in [1.82, 2.24) is 4.90 Å². The van der Waals surface area contributed by atoms with Crippen LogP contribution in [0.15, 0.2) is 18.2 Å². The number of rotatable bonds is 6. The number of piperidine rings is 1. The number of carbonyl (C=O) groups is 2. The summed E-state index contributed by atoms with van der Waals surface area (Å²) in [5.41, 5.74) is 0.195. The monoisotopic (exact) mass is 335 g/mol. The lowest BCUT2D eigenvalue weighted by Gasteiger charge is -2.35. The van der Waals surface area contributed by atoms with Gasteiger partial charge in [0.05, 0.1) is 14.2 Å². The summed E-state index contributed by atoms with van der Waals surface area (Å²) in [5.74, 6) is -0.0566. The predicted molar refractivity (Wildman–Crippen MR) is 89.5 cm³/mol. The quantitative estimate of drug-likeness (QED) is 0.748. The van der Waals surface area contributed by atoms with Crippen molar-refractivity contribution in [2.45, 2.75) is 38.6 Å². The van der Waals surface area contributed by atoms with E-state index < -0.39 is 5.97 Å². The molecule has 1 heterocycles. The molecule has 1 atom stereocenters. The number of benzene rings is 1. The summed E-state index contributed by atoms with van der Waals surface area (Å²) >= 11 is 0. The van der Waals surface area contributed by atoms with Crippen LogP contribution in [0.5, 0.6) is 11.5 Å². The number of hydrogen-bond acceptors (Lipinski definition) is 5. The van der Waals surface area contributed by atoms with Crippen molar-refractivity contribution >= 4 is 11.9 Å². The maximum atomic E-state index is 12.4. The molecule has 6 heteroatoms. The van der Waals surface area contributed by atoms with E-state index in [9.17, 15) is 9.59 Å². The van der Waals surface area contributed by atoms with Crippen molar-refractivity contribution in [3.63, 3.8) is 0 Å². The second-order valence-corrected chi connectivity index (χ2v) is 5.76. The third kappa shape index (κ3) is 3.99. The van der Waals surface area contributed by atoms with Crippen LogP contribution in [0, 0.1) is 0 Å². The molecule has 0 saturated carbocycles. The highest BCUT2D eigenvalue weighted by molar-refractivity contribution is 5.96. The van der Waals surface area contributed by atoms with Crippen molar-refractivity contribution in [3.05, 3.63) is 23.8 Å². The Hall–Kier alpha value is -2.24. The summed E-state index contributed by atoms with van der Waals surface area (Å²) < 4.78 is 15.6. The Bertz CT molecular complexity index is 565. The second-order valence-electron chi connectivity index (χ2n) is 5.76. The highest BCUT2D eigenvalue weighted by atomic mass is 16.5. The SMILES string of the molecule is CCC1CCCCN1C(=O)COC(=O)c1c(OC)cccc1OC. The molecule has 1 aromatic carbocycles. The Balaban J connectivity index is 2.04. The number of esters is 1. The second kappa shape index (κ2) is 8.57. The summed E-state index contributed by atoms with van der Waals surface area (Å²) in [6.45, 7) is 2.53. The summed E-state index contributed by atoms with van der Waals surface area (Å²) in [7, 11) is 2.94. The Labute approximate surface area is 142 Å². The van der Waals surface area contributed by atoms with Crippen LogP contribution in [-0.2, 0) is 9.53 Å². The number of amides is 1. The first-order valence-corrected chi connectivity index (χ1v) is 8.29. The van der Waals surface area contributed by atoms with Crippen LogP contribution in [0.25, 0.3) is 0 Å². The van der Waals surface area contributed by atoms with Gasteiger partial charge in [0.2, 0.25) is 0 Å². The molecule has 1 saturated heterocycles. The fourth-order valence-corrected chi connectivity index (χ4v) is 3.09. The molecule has 0 aromatic heterocycles. The fourth-order valence-electron chi connectivity index (χ4n) is 3.09. The third-order valence-corrected chi connectivity index (χ3v) is 4.38. The normalized spacial score (nSPS) is 17.3. The third-order valence-electron chi connectivity index (χ3n) is 4.38. The highest BCUT2D eigenvalue weighted by Gasteiger charge is 2.27. The lowest BCUT2D eigenvalue weighted by molar-refractivity contribution is -0.138. The standard InChI is InChI=1S/C18H25NO5/c1-4-13-8-5-6-11-19(13)16(20)12-24-18(21)17-14(22-2)9-7-10-15(17)23-3/h7,9-10,13H,4-6,8,11-12H2,1-3H3. The smallest absolute Gasteiger partial charge is 0.346 e. The number of methoxy groups -OCH3 is 2. The van der Waals surface area contributed by atoms with Crippen LogP contribution in [0.1, 0.15) is 43.0 Å². The average Bonchev–Trinajstić information content (AvgIpc) is 2.64. The fraction of sp³-hybridized carbons (Fsp3) is 0.556. The number of likely N-dealkylation sites (tertiary alicyclic amines) is 1. The molecular weight excluding hydrogens is 310 g/mol. The number of nitrogens with zero attached hydrogens (tertiary/aromatic N) is 1. The number of ether oxygens (including phenoxy) is 3. The maximum Gasteiger partial charge on any atom is 0.346 e. The van der Waals surface area contributed by atoms with Gasteiger partial charge in [0.25, 0.3) is 5.91 Å². The lowest BCUT2D eigenvalue weighted by atomic mass is 10.00. The first-order valence-electron chi connectivity index (χ1n) is 8.29. The molecule has 1 unspecified atom stereocenters. The van der Waals surface area contributed by atoms with Gasteiger partial charge in [-0.15, -0.1) is 0 Å². The van der Waals surface area contributed by atoms with E-state index in [1.165, 1.54) is 14.2 Å². The largest absolute Gasteiger partial charge is 0.496 e. The van der Waals surface area contributed by atoms with Crippen molar-refractivity contribution in [3.8, 4) is 11.5 Å². The average molecular weight is 335 g/mol. The maximum absolute atomic E-state index is 12.4. The zero-order valence-corrected chi connectivity index (χ0v) is 14.5. The molecule has 0 bridgehead atoms. The molecule has 0 aliphatic carbocycles. The van der Waals surface area contributed by atoms with E-state index in [1.807, 2.05) is 4.90 Å². The van der Waals surface area contributed by atoms with Crippen molar-refractivity contribution in [1.29, 1.82) is 0 Å². The van der Waals surface area contributed by atoms with Gasteiger partial charge in [-0.1, -0.05) is 13.0 Å². The van der Waals surface area contributed by atoms with Crippen LogP contribution in [0.4, 0.5) is 0 Å². The molecule has 1 amide bonds. The molecule has 132 valence electrons. The first kappa shape index (κ1) is 18.1. The zero-order chi connectivity index (χ0) is 17.5. The van der Waals surface area contributed by atoms with Gasteiger partial charge in [-0.3, -0.25) is 4.79 Å².